The molecule has 2 aromatic carbocycles. The van der Waals surface area contributed by atoms with Crippen LogP contribution in [0, 0.1) is 12.7 Å². The average molecular weight is 244 g/mol. The minimum Gasteiger partial charge on any atom is -0.384 e. The van der Waals surface area contributed by atoms with Crippen LogP contribution in [0.1, 0.15) is 35.3 Å². The molecule has 2 heteroatoms. The molecule has 1 N–H and O–H groups in total. The summed E-state index contributed by atoms with van der Waals surface area (Å²) < 4.78 is 13.1. The van der Waals surface area contributed by atoms with Crippen molar-refractivity contribution in [2.75, 3.05) is 0 Å². The van der Waals surface area contributed by atoms with Crippen LogP contribution in [0.3, 0.4) is 0 Å². The van der Waals surface area contributed by atoms with E-state index in [-0.39, 0.29) is 5.82 Å². The number of aliphatic hydroxyl groups excluding tert-OH is 1. The van der Waals surface area contributed by atoms with Crippen LogP contribution in [0.5, 0.6) is 0 Å². The highest BCUT2D eigenvalue weighted by atomic mass is 19.1. The van der Waals surface area contributed by atoms with Gasteiger partial charge in [0.05, 0.1) is 0 Å². The maximum Gasteiger partial charge on any atom is 0.123 e. The van der Waals surface area contributed by atoms with Crippen molar-refractivity contribution in [3.05, 3.63) is 70.5 Å². The lowest BCUT2D eigenvalue weighted by Crippen LogP contribution is -2.05. The molecule has 0 aliphatic rings. The Kier molecular flexibility index (Phi) is 3.78. The van der Waals surface area contributed by atoms with Gasteiger partial charge in [0.15, 0.2) is 0 Å². The SMILES string of the molecule is CCc1ccccc1C(O)c1ccc(F)cc1C. The zero-order valence-electron chi connectivity index (χ0n) is 10.7. The highest BCUT2D eigenvalue weighted by Crippen LogP contribution is 2.27. The Morgan fingerprint density at radius 3 is 2.50 bits per heavy atom. The van der Waals surface area contributed by atoms with E-state index in [4.69, 9.17) is 0 Å². The van der Waals surface area contributed by atoms with Crippen molar-refractivity contribution >= 4 is 0 Å². The van der Waals surface area contributed by atoms with Gasteiger partial charge < -0.3 is 5.11 Å². The molecule has 2 aromatic rings. The molecule has 1 unspecified atom stereocenters. The lowest BCUT2D eigenvalue weighted by atomic mass is 9.93. The molecule has 18 heavy (non-hydrogen) atoms. The second kappa shape index (κ2) is 5.32. The molecule has 0 fully saturated rings. The van der Waals surface area contributed by atoms with Gasteiger partial charge in [-0.3, -0.25) is 0 Å². The summed E-state index contributed by atoms with van der Waals surface area (Å²) in [6, 6.07) is 12.3. The fourth-order valence-electron chi connectivity index (χ4n) is 2.24. The summed E-state index contributed by atoms with van der Waals surface area (Å²) in [6.07, 6.45) is 0.176. The smallest absolute Gasteiger partial charge is 0.123 e. The highest BCUT2D eigenvalue weighted by molar-refractivity contribution is 5.39. The third kappa shape index (κ3) is 2.44. The maximum absolute atomic E-state index is 13.1. The Bertz CT molecular complexity index is 549. The Hall–Kier alpha value is -1.67. The first kappa shape index (κ1) is 12.8. The minimum atomic E-state index is -0.693. The van der Waals surface area contributed by atoms with Crippen molar-refractivity contribution in [3.8, 4) is 0 Å². The fourth-order valence-corrected chi connectivity index (χ4v) is 2.24. The summed E-state index contributed by atoms with van der Waals surface area (Å²) in [7, 11) is 0. The van der Waals surface area contributed by atoms with Gasteiger partial charge >= 0.3 is 0 Å². The predicted octanol–water partition coefficient (Wildman–Crippen LogP) is 3.78. The second-order valence-corrected chi connectivity index (χ2v) is 4.46. The van der Waals surface area contributed by atoms with Gasteiger partial charge in [0.2, 0.25) is 0 Å². The van der Waals surface area contributed by atoms with Crippen LogP contribution >= 0.6 is 0 Å². The summed E-state index contributed by atoms with van der Waals surface area (Å²) in [5.74, 6) is -0.271. The molecule has 1 nitrogen and oxygen atoms in total. The van der Waals surface area contributed by atoms with E-state index < -0.39 is 6.10 Å². The van der Waals surface area contributed by atoms with Crippen LogP contribution in [-0.2, 0) is 6.42 Å². The van der Waals surface area contributed by atoms with Crippen molar-refractivity contribution < 1.29 is 9.50 Å². The number of hydrogen-bond acceptors (Lipinski definition) is 1. The van der Waals surface area contributed by atoms with Gasteiger partial charge in [0.1, 0.15) is 11.9 Å². The summed E-state index contributed by atoms with van der Waals surface area (Å²) in [4.78, 5) is 0. The lowest BCUT2D eigenvalue weighted by Gasteiger charge is -2.17. The van der Waals surface area contributed by atoms with E-state index in [0.717, 1.165) is 28.7 Å². The molecule has 0 amide bonds. The maximum atomic E-state index is 13.1. The minimum absolute atomic E-state index is 0.271. The van der Waals surface area contributed by atoms with Gasteiger partial charge in [-0.15, -0.1) is 0 Å². The van der Waals surface area contributed by atoms with Gasteiger partial charge in [-0.2, -0.15) is 0 Å². The number of benzene rings is 2. The normalized spacial score (nSPS) is 12.4. The molecule has 0 aromatic heterocycles. The second-order valence-electron chi connectivity index (χ2n) is 4.46. The van der Waals surface area contributed by atoms with Gasteiger partial charge in [-0.25, -0.2) is 4.39 Å². The molecule has 0 spiro atoms. The molecule has 0 bridgehead atoms. The topological polar surface area (TPSA) is 20.2 Å². The monoisotopic (exact) mass is 244 g/mol. The van der Waals surface area contributed by atoms with Crippen molar-refractivity contribution in [3.63, 3.8) is 0 Å². The number of hydrogen-bond donors (Lipinski definition) is 1. The van der Waals surface area contributed by atoms with Gasteiger partial charge in [-0.05, 0) is 47.7 Å². The van der Waals surface area contributed by atoms with E-state index in [1.165, 1.54) is 12.1 Å². The summed E-state index contributed by atoms with van der Waals surface area (Å²) in [6.45, 7) is 3.87. The Labute approximate surface area is 107 Å². The third-order valence-corrected chi connectivity index (χ3v) is 3.26. The molecule has 2 rings (SSSR count). The summed E-state index contributed by atoms with van der Waals surface area (Å²) >= 11 is 0. The van der Waals surface area contributed by atoms with Crippen LogP contribution in [0.25, 0.3) is 0 Å². The van der Waals surface area contributed by atoms with Crippen molar-refractivity contribution in [2.45, 2.75) is 26.4 Å². The largest absolute Gasteiger partial charge is 0.384 e. The Morgan fingerprint density at radius 2 is 1.83 bits per heavy atom. The van der Waals surface area contributed by atoms with E-state index in [1.54, 1.807) is 6.07 Å². The molecule has 94 valence electrons. The molecule has 0 aliphatic heterocycles. The lowest BCUT2D eigenvalue weighted by molar-refractivity contribution is 0.218. The standard InChI is InChI=1S/C16H17FO/c1-3-12-6-4-5-7-15(12)16(18)14-9-8-13(17)10-11(14)2/h4-10,16,18H,3H2,1-2H3. The van der Waals surface area contributed by atoms with E-state index in [2.05, 4.69) is 6.92 Å². The first-order valence-electron chi connectivity index (χ1n) is 6.15. The number of aryl methyl sites for hydroxylation is 2. The molecule has 0 saturated heterocycles. The van der Waals surface area contributed by atoms with Gasteiger partial charge in [-0.1, -0.05) is 37.3 Å². The van der Waals surface area contributed by atoms with Gasteiger partial charge in [0, 0.05) is 0 Å². The molecular formula is C16H17FO. The summed E-state index contributed by atoms with van der Waals surface area (Å²) in [5.41, 5.74) is 3.55. The van der Waals surface area contributed by atoms with Gasteiger partial charge in [0.25, 0.3) is 0 Å². The number of aliphatic hydroxyl groups is 1. The predicted molar refractivity (Wildman–Crippen MR) is 71.0 cm³/mol. The first-order chi connectivity index (χ1) is 8.63. The van der Waals surface area contributed by atoms with E-state index in [9.17, 15) is 9.50 Å². The van der Waals surface area contributed by atoms with Crippen molar-refractivity contribution in [2.24, 2.45) is 0 Å². The molecule has 0 saturated carbocycles. The molecule has 0 heterocycles. The average Bonchev–Trinajstić information content (AvgIpc) is 2.38. The molecular weight excluding hydrogens is 227 g/mol. The third-order valence-electron chi connectivity index (χ3n) is 3.26. The van der Waals surface area contributed by atoms with E-state index in [1.807, 2.05) is 31.2 Å². The Morgan fingerprint density at radius 1 is 1.11 bits per heavy atom. The first-order valence-corrected chi connectivity index (χ1v) is 6.15. The molecule has 1 atom stereocenters. The molecule has 0 aliphatic carbocycles. The quantitative estimate of drug-likeness (QED) is 0.871. The number of halogens is 1. The number of rotatable bonds is 3. The van der Waals surface area contributed by atoms with Crippen LogP contribution in [0.15, 0.2) is 42.5 Å². The van der Waals surface area contributed by atoms with Crippen LogP contribution in [0.4, 0.5) is 4.39 Å². The molecule has 0 radical (unpaired) electrons. The zero-order valence-corrected chi connectivity index (χ0v) is 10.7. The Balaban J connectivity index is 2.44. The summed E-state index contributed by atoms with van der Waals surface area (Å²) in [5, 5.41) is 10.5. The van der Waals surface area contributed by atoms with Crippen LogP contribution in [0.2, 0.25) is 0 Å². The zero-order chi connectivity index (χ0) is 13.1. The van der Waals surface area contributed by atoms with E-state index in [0.29, 0.717) is 0 Å². The fraction of sp³-hybridized carbons (Fsp3) is 0.250. The van der Waals surface area contributed by atoms with Crippen molar-refractivity contribution in [1.29, 1.82) is 0 Å². The highest BCUT2D eigenvalue weighted by Gasteiger charge is 2.15. The van der Waals surface area contributed by atoms with E-state index >= 15 is 0 Å². The van der Waals surface area contributed by atoms with Crippen LogP contribution < -0.4 is 0 Å². The van der Waals surface area contributed by atoms with Crippen molar-refractivity contribution in [1.82, 2.24) is 0 Å². The van der Waals surface area contributed by atoms with Crippen LogP contribution in [-0.4, -0.2) is 5.11 Å².